The molecule has 0 unspecified atom stereocenters. The third-order valence-corrected chi connectivity index (χ3v) is 3.89. The Morgan fingerprint density at radius 1 is 1.35 bits per heavy atom. The van der Waals surface area contributed by atoms with Crippen LogP contribution >= 0.6 is 46.6 Å². The topological polar surface area (TPSA) is 64.1 Å². The largest absolute Gasteiger partial charge is 0.449 e. The summed E-state index contributed by atoms with van der Waals surface area (Å²) < 4.78 is 3.77. The van der Waals surface area contributed by atoms with Gasteiger partial charge < -0.3 is 10.1 Å². The molecule has 9 heteroatoms. The summed E-state index contributed by atoms with van der Waals surface area (Å²) in [6.45, 7) is 9.06. The molecule has 0 saturated carbocycles. The van der Waals surface area contributed by atoms with E-state index in [2.05, 4.69) is 15.3 Å². The maximum Gasteiger partial charge on any atom is 0.246 e. The van der Waals surface area contributed by atoms with Gasteiger partial charge >= 0.3 is 0 Å². The molecule has 0 aliphatic heterocycles. The van der Waals surface area contributed by atoms with Gasteiger partial charge in [-0.15, -0.1) is 0 Å². The molecule has 130 valence electrons. The molecule has 23 heavy (non-hydrogen) atoms. The summed E-state index contributed by atoms with van der Waals surface area (Å²) in [4.78, 5) is 20.7. The number of carbonyl (C=O) groups excluding carboxylic acids is 1. The highest BCUT2D eigenvalue weighted by molar-refractivity contribution is 7.99. The van der Waals surface area contributed by atoms with E-state index in [-0.39, 0.29) is 11.8 Å². The summed E-state index contributed by atoms with van der Waals surface area (Å²) in [5.41, 5.74) is 0.0682. The van der Waals surface area contributed by atoms with Crippen molar-refractivity contribution < 1.29 is 9.53 Å². The van der Waals surface area contributed by atoms with Crippen LogP contribution in [0.5, 0.6) is 5.88 Å². The fourth-order valence-corrected chi connectivity index (χ4v) is 2.32. The number of hydrogen-bond acceptors (Lipinski definition) is 5. The minimum absolute atomic E-state index is 0.235. The number of aromatic nitrogens is 2. The summed E-state index contributed by atoms with van der Waals surface area (Å²) in [5.74, 6) is 0.749. The Kier molecular flexibility index (Phi) is 7.26. The maximum atomic E-state index is 12.1. The van der Waals surface area contributed by atoms with Crippen LogP contribution in [0.1, 0.15) is 33.4 Å². The Hall–Kier alpha value is -0.430. The first-order chi connectivity index (χ1) is 10.4. The lowest BCUT2D eigenvalue weighted by atomic mass is 9.96. The Morgan fingerprint density at radius 2 is 1.96 bits per heavy atom. The van der Waals surface area contributed by atoms with Crippen LogP contribution < -0.4 is 10.1 Å². The summed E-state index contributed by atoms with van der Waals surface area (Å²) in [6, 6.07) is 1.62. The molecule has 0 bridgehead atoms. The molecule has 1 rings (SSSR count). The predicted molar refractivity (Wildman–Crippen MR) is 95.5 cm³/mol. The van der Waals surface area contributed by atoms with Crippen molar-refractivity contribution in [1.29, 1.82) is 0 Å². The molecule has 1 heterocycles. The van der Waals surface area contributed by atoms with Gasteiger partial charge in [0, 0.05) is 17.2 Å². The van der Waals surface area contributed by atoms with Gasteiger partial charge in [0.2, 0.25) is 21.8 Å². The zero-order valence-corrected chi connectivity index (χ0v) is 16.7. The van der Waals surface area contributed by atoms with E-state index in [0.29, 0.717) is 5.16 Å². The molecule has 0 fully saturated rings. The van der Waals surface area contributed by atoms with Gasteiger partial charge in [-0.25, -0.2) is 4.98 Å². The van der Waals surface area contributed by atoms with Crippen LogP contribution in [0, 0.1) is 12.3 Å². The molecule has 1 amide bonds. The van der Waals surface area contributed by atoms with Crippen molar-refractivity contribution in [2.45, 2.75) is 49.8 Å². The van der Waals surface area contributed by atoms with E-state index in [1.807, 2.05) is 13.8 Å². The fourth-order valence-electron chi connectivity index (χ4n) is 1.40. The van der Waals surface area contributed by atoms with Crippen LogP contribution in [0.4, 0.5) is 0 Å². The van der Waals surface area contributed by atoms with E-state index in [9.17, 15) is 4.79 Å². The number of rotatable bonds is 5. The number of halogens is 3. The van der Waals surface area contributed by atoms with E-state index in [4.69, 9.17) is 39.5 Å². The van der Waals surface area contributed by atoms with Crippen molar-refractivity contribution in [2.75, 3.05) is 5.75 Å². The molecule has 0 saturated heterocycles. The van der Waals surface area contributed by atoms with Gasteiger partial charge in [0.05, 0.1) is 0 Å². The number of aryl methyl sites for hydroxylation is 1. The number of ether oxygens (including phenoxy) is 1. The van der Waals surface area contributed by atoms with Gasteiger partial charge in [0.25, 0.3) is 0 Å². The maximum absolute atomic E-state index is 12.1. The van der Waals surface area contributed by atoms with Crippen LogP contribution in [0.15, 0.2) is 11.2 Å². The first kappa shape index (κ1) is 20.6. The summed E-state index contributed by atoms with van der Waals surface area (Å²) in [6.07, 6.45) is -1.17. The zero-order chi connectivity index (χ0) is 17.8. The lowest BCUT2D eigenvalue weighted by Crippen LogP contribution is -2.51. The third kappa shape index (κ3) is 6.91. The average molecular weight is 401 g/mol. The second kappa shape index (κ2) is 8.10. The van der Waals surface area contributed by atoms with Crippen molar-refractivity contribution in [3.8, 4) is 5.88 Å². The van der Waals surface area contributed by atoms with E-state index < -0.39 is 15.4 Å². The summed E-state index contributed by atoms with van der Waals surface area (Å²) in [7, 11) is 0. The van der Waals surface area contributed by atoms with E-state index in [1.54, 1.807) is 26.8 Å². The van der Waals surface area contributed by atoms with Gasteiger partial charge in [-0.1, -0.05) is 74.3 Å². The van der Waals surface area contributed by atoms with E-state index in [1.165, 1.54) is 11.8 Å². The first-order valence-electron chi connectivity index (χ1n) is 6.96. The molecule has 1 aromatic heterocycles. The normalized spacial score (nSPS) is 13.6. The standard InChI is InChI=1S/C14H20Cl3N3O2S/c1-6-23-12-18-8(2)7-9(19-12)22-11(14(15,16)17)20-10(21)13(3,4)5/h7,11H,6H2,1-5H3,(H,20,21)/t11-/m0/s1. The zero-order valence-electron chi connectivity index (χ0n) is 13.6. The Labute approximate surface area is 155 Å². The summed E-state index contributed by atoms with van der Waals surface area (Å²) in [5, 5.41) is 3.15. The van der Waals surface area contributed by atoms with Crippen LogP contribution in [-0.4, -0.2) is 31.6 Å². The lowest BCUT2D eigenvalue weighted by molar-refractivity contribution is -0.131. The highest BCUT2D eigenvalue weighted by atomic mass is 35.6. The van der Waals surface area contributed by atoms with Gasteiger partial charge in [0.1, 0.15) is 0 Å². The molecule has 0 spiro atoms. The average Bonchev–Trinajstić information content (AvgIpc) is 2.35. The monoisotopic (exact) mass is 399 g/mol. The molecule has 0 aromatic carbocycles. The Balaban J connectivity index is 3.01. The van der Waals surface area contributed by atoms with Crippen molar-refractivity contribution in [1.82, 2.24) is 15.3 Å². The van der Waals surface area contributed by atoms with Gasteiger partial charge in [-0.05, 0) is 12.7 Å². The van der Waals surface area contributed by atoms with Crippen molar-refractivity contribution in [2.24, 2.45) is 5.41 Å². The van der Waals surface area contributed by atoms with Crippen LogP contribution in [0.25, 0.3) is 0 Å². The first-order valence-corrected chi connectivity index (χ1v) is 9.08. The molecule has 1 atom stereocenters. The number of nitrogens with zero attached hydrogens (tertiary/aromatic N) is 2. The number of amides is 1. The van der Waals surface area contributed by atoms with Crippen molar-refractivity contribution in [3.63, 3.8) is 0 Å². The fraction of sp³-hybridized carbons (Fsp3) is 0.643. The highest BCUT2D eigenvalue weighted by Crippen LogP contribution is 2.32. The van der Waals surface area contributed by atoms with Crippen LogP contribution in [-0.2, 0) is 4.79 Å². The summed E-state index contributed by atoms with van der Waals surface area (Å²) >= 11 is 19.2. The number of hydrogen-bond donors (Lipinski definition) is 1. The molecule has 0 aliphatic carbocycles. The molecule has 1 N–H and O–H groups in total. The highest BCUT2D eigenvalue weighted by Gasteiger charge is 2.38. The van der Waals surface area contributed by atoms with Gasteiger partial charge in [-0.3, -0.25) is 4.79 Å². The predicted octanol–water partition coefficient (Wildman–Crippen LogP) is 4.13. The van der Waals surface area contributed by atoms with E-state index in [0.717, 1.165) is 11.4 Å². The van der Waals surface area contributed by atoms with Gasteiger partial charge in [0.15, 0.2) is 5.16 Å². The Bertz CT molecular complexity index is 559. The molecular formula is C14H20Cl3N3O2S. The smallest absolute Gasteiger partial charge is 0.246 e. The van der Waals surface area contributed by atoms with Crippen LogP contribution in [0.3, 0.4) is 0 Å². The molecule has 0 aliphatic rings. The third-order valence-electron chi connectivity index (χ3n) is 2.56. The quantitative estimate of drug-likeness (QED) is 0.348. The van der Waals surface area contributed by atoms with Crippen LogP contribution in [0.2, 0.25) is 0 Å². The Morgan fingerprint density at radius 3 is 2.43 bits per heavy atom. The van der Waals surface area contributed by atoms with Crippen molar-refractivity contribution in [3.05, 3.63) is 11.8 Å². The minimum Gasteiger partial charge on any atom is -0.449 e. The molecule has 1 aromatic rings. The molecule has 5 nitrogen and oxygen atoms in total. The number of thioether (sulfide) groups is 1. The molecular weight excluding hydrogens is 381 g/mol. The van der Waals surface area contributed by atoms with Gasteiger partial charge in [-0.2, -0.15) is 4.98 Å². The number of nitrogens with one attached hydrogen (secondary N) is 1. The number of alkyl halides is 3. The second-order valence-corrected chi connectivity index (χ2v) is 9.43. The minimum atomic E-state index is -1.85. The molecule has 0 radical (unpaired) electrons. The second-order valence-electron chi connectivity index (χ2n) is 5.83. The van der Waals surface area contributed by atoms with E-state index >= 15 is 0 Å². The van der Waals surface area contributed by atoms with Crippen molar-refractivity contribution >= 4 is 52.5 Å². The lowest BCUT2D eigenvalue weighted by Gasteiger charge is -2.28. The SMILES string of the molecule is CCSc1nc(C)cc(O[C@H](NC(=O)C(C)(C)C)C(Cl)(Cl)Cl)n1. The number of carbonyl (C=O) groups is 1.